The topological polar surface area (TPSA) is 224 Å². The summed E-state index contributed by atoms with van der Waals surface area (Å²) in [6, 6.07) is 42.0. The number of benzene rings is 4. The Bertz CT molecular complexity index is 2320. The van der Waals surface area contributed by atoms with Crippen LogP contribution in [0.15, 0.2) is 126 Å². The van der Waals surface area contributed by atoms with Crippen molar-refractivity contribution < 1.29 is 44.8 Å². The van der Waals surface area contributed by atoms with Gasteiger partial charge >= 0.3 is 0 Å². The molecule has 1 aromatic heterocycles. The highest BCUT2D eigenvalue weighted by Crippen LogP contribution is 2.38. The Hall–Kier alpha value is -5.08. The number of nitrogens with two attached hydrogens (primary N) is 1. The lowest BCUT2D eigenvalue weighted by atomic mass is 9.77. The van der Waals surface area contributed by atoms with Crippen LogP contribution in [0.3, 0.4) is 0 Å². The molecule has 72 heavy (non-hydrogen) atoms. The molecule has 0 fully saturated rings. The van der Waals surface area contributed by atoms with Gasteiger partial charge in [-0.25, -0.2) is 16.8 Å². The molecule has 16 nitrogen and oxygen atoms in total. The number of nitrogens with zero attached hydrogens (tertiary/aromatic N) is 5. The van der Waals surface area contributed by atoms with Gasteiger partial charge in [0.15, 0.2) is 5.21 Å². The van der Waals surface area contributed by atoms with E-state index >= 15 is 0 Å². The minimum atomic E-state index is -4.48. The Kier molecular flexibility index (Phi) is 29.0. The van der Waals surface area contributed by atoms with Crippen molar-refractivity contribution in [3.63, 3.8) is 0 Å². The van der Waals surface area contributed by atoms with E-state index in [4.69, 9.17) is 5.10 Å². The Morgan fingerprint density at radius 1 is 0.528 bits per heavy atom. The fourth-order valence-corrected chi connectivity index (χ4v) is 9.25. The first-order chi connectivity index (χ1) is 35.0. The summed E-state index contributed by atoms with van der Waals surface area (Å²) in [5.41, 5.74) is 6.75. The summed E-state index contributed by atoms with van der Waals surface area (Å²) < 4.78 is 68.9. The lowest BCUT2D eigenvalue weighted by molar-refractivity contribution is -0.548. The molecule has 5 aromatic rings. The van der Waals surface area contributed by atoms with Crippen LogP contribution in [0.4, 0.5) is 11.4 Å². The summed E-state index contributed by atoms with van der Waals surface area (Å²) in [4.78, 5) is 0. The Morgan fingerprint density at radius 2 is 0.903 bits per heavy atom. The number of rotatable bonds is 33. The number of hydrogen-bond donors (Lipinski definition) is 2. The number of para-hydroxylation sites is 2. The molecule has 0 spiro atoms. The van der Waals surface area contributed by atoms with Crippen LogP contribution in [0.5, 0.6) is 0 Å². The maximum Gasteiger partial charge on any atom is 0.298 e. The molecule has 0 amide bonds. The highest BCUT2D eigenvalue weighted by atomic mass is 32.3. The number of nitrogens with one attached hydrogen (secondary N) is 2. The van der Waals surface area contributed by atoms with Gasteiger partial charge in [-0.3, -0.25) is 8.37 Å². The number of unbranched alkanes of at least 4 members (excludes halogenated alkanes) is 18. The van der Waals surface area contributed by atoms with Crippen LogP contribution in [0, 0.1) is 0 Å². The molecular weight excluding hydrogens is 953 g/mol. The predicted octanol–water partition coefficient (Wildman–Crippen LogP) is 10.6. The Labute approximate surface area is 430 Å². The van der Waals surface area contributed by atoms with E-state index in [1.54, 1.807) is 0 Å². The Morgan fingerprint density at radius 3 is 1.29 bits per heavy atom. The summed E-state index contributed by atoms with van der Waals surface area (Å²) in [5.74, 6) is 2.16. The number of hydrazine groups is 1. The SMILES string of the molecule is CCCCCCCCCCCCOS(=O)(=O)[O-].CCCCCCCCCCCCOS(=O)(=O)[O-].c1ccc(C(CC2=NN(c3ccccc3)N(c3ccccc3)[NH2+]2)C(Cc2nn[nH][nH+]2)c2ccccc2)cc1. The van der Waals surface area contributed by atoms with Crippen LogP contribution in [0.2, 0.25) is 0 Å². The van der Waals surface area contributed by atoms with Gasteiger partial charge in [-0.2, -0.15) is 10.5 Å². The van der Waals surface area contributed by atoms with Gasteiger partial charge in [0, 0.05) is 18.3 Å². The van der Waals surface area contributed by atoms with E-state index in [-0.39, 0.29) is 25.0 Å². The van der Waals surface area contributed by atoms with E-state index in [1.807, 2.05) is 29.4 Å². The van der Waals surface area contributed by atoms with Crippen molar-refractivity contribution in [3.8, 4) is 0 Å². The van der Waals surface area contributed by atoms with Crippen molar-refractivity contribution in [2.45, 2.75) is 167 Å². The van der Waals surface area contributed by atoms with Crippen molar-refractivity contribution in [1.29, 1.82) is 0 Å². The van der Waals surface area contributed by atoms with Crippen LogP contribution in [-0.4, -0.2) is 60.5 Å². The zero-order chi connectivity index (χ0) is 51.5. The molecular formula is C54H80N8O8S2. The molecule has 0 aliphatic carbocycles. The van der Waals surface area contributed by atoms with Crippen molar-refractivity contribution in [3.05, 3.63) is 138 Å². The maximum atomic E-state index is 10.1. The number of H-pyrrole nitrogens is 2. The number of amidine groups is 1. The van der Waals surface area contributed by atoms with E-state index < -0.39 is 20.8 Å². The molecule has 4 aromatic carbocycles. The average Bonchev–Trinajstić information content (AvgIpc) is 4.07. The van der Waals surface area contributed by atoms with Gasteiger partial charge in [-0.1, -0.05) is 237 Å². The summed E-state index contributed by atoms with van der Waals surface area (Å²) in [5, 5.41) is 23.3. The van der Waals surface area contributed by atoms with Gasteiger partial charge in [0.05, 0.1) is 25.3 Å². The van der Waals surface area contributed by atoms with Gasteiger partial charge in [0.25, 0.3) is 5.82 Å². The average molecular weight is 1030 g/mol. The molecule has 0 saturated heterocycles. The molecule has 2 unspecified atom stereocenters. The molecule has 0 saturated carbocycles. The van der Waals surface area contributed by atoms with Crippen molar-refractivity contribution in [2.75, 3.05) is 23.4 Å². The smallest absolute Gasteiger partial charge is 0.298 e. The molecule has 4 N–H and O–H groups in total. The zero-order valence-corrected chi connectivity index (χ0v) is 44.2. The molecule has 1 aliphatic heterocycles. The minimum Gasteiger partial charge on any atom is -0.726 e. The highest BCUT2D eigenvalue weighted by Gasteiger charge is 2.36. The number of hydrazone groups is 1. The molecule has 0 radical (unpaired) electrons. The minimum absolute atomic E-state index is 0.0301. The molecule has 1 aliphatic rings. The normalized spacial score (nSPS) is 13.4. The van der Waals surface area contributed by atoms with Crippen LogP contribution in [0.1, 0.15) is 177 Å². The number of hydrogen-bond acceptors (Lipinski definition) is 13. The molecule has 2 atom stereocenters. The monoisotopic (exact) mass is 1030 g/mol. The standard InChI is InChI=1S/C30H28N8.2C12H26O4S/c1-5-13-23(14-6-1)27(21-29-31-35-36-32-29)28(24-15-7-2-8-16-24)22-30-33-37(25-17-9-3-10-18-25)38(34-30)26-19-11-4-12-20-26;2*1-2-3-4-5-6-7-8-9-10-11-12-16-17(13,14)15/h1-20,27-28H,21-22H2,(H,33,34)(H,31,32,35,36);2*2-12H2,1H3,(H,13,14,15). The molecule has 2 heterocycles. The molecule has 18 heteroatoms. The van der Waals surface area contributed by atoms with E-state index in [2.05, 4.69) is 150 Å². The summed E-state index contributed by atoms with van der Waals surface area (Å²) in [6.07, 6.45) is 24.9. The van der Waals surface area contributed by atoms with E-state index in [0.29, 0.717) is 12.8 Å². The van der Waals surface area contributed by atoms with Crippen molar-refractivity contribution in [2.24, 2.45) is 5.10 Å². The third kappa shape index (κ3) is 25.5. The summed E-state index contributed by atoms with van der Waals surface area (Å²) in [7, 11) is -8.97. The fourth-order valence-electron chi connectivity index (χ4n) is 8.60. The highest BCUT2D eigenvalue weighted by molar-refractivity contribution is 7.81. The van der Waals surface area contributed by atoms with Gasteiger partial charge in [0.2, 0.25) is 26.6 Å². The Balaban J connectivity index is 0.000000277. The first-order valence-corrected chi connectivity index (χ1v) is 28.8. The van der Waals surface area contributed by atoms with Gasteiger partial charge in [-0.15, -0.1) is 10.2 Å². The molecule has 0 bridgehead atoms. The lowest BCUT2D eigenvalue weighted by Crippen LogP contribution is -2.96. The van der Waals surface area contributed by atoms with E-state index in [0.717, 1.165) is 61.6 Å². The van der Waals surface area contributed by atoms with Crippen LogP contribution in [-0.2, 0) is 35.6 Å². The van der Waals surface area contributed by atoms with E-state index in [1.165, 1.54) is 101 Å². The molecule has 396 valence electrons. The number of aromatic amines is 2. The quantitative estimate of drug-likeness (QED) is 0.0173. The second-order valence-electron chi connectivity index (χ2n) is 18.2. The van der Waals surface area contributed by atoms with E-state index in [9.17, 15) is 25.9 Å². The van der Waals surface area contributed by atoms with Gasteiger partial charge in [-0.05, 0) is 48.2 Å². The second kappa shape index (κ2) is 35.1. The first-order valence-electron chi connectivity index (χ1n) is 26.2. The summed E-state index contributed by atoms with van der Waals surface area (Å²) >= 11 is 0. The van der Waals surface area contributed by atoms with Gasteiger partial charge in [0.1, 0.15) is 10.8 Å². The molecule has 6 rings (SSSR count). The largest absolute Gasteiger partial charge is 0.726 e. The maximum absolute atomic E-state index is 10.1. The third-order valence-electron chi connectivity index (χ3n) is 12.4. The van der Waals surface area contributed by atoms with Crippen LogP contribution >= 0.6 is 0 Å². The number of aromatic nitrogens is 4. The van der Waals surface area contributed by atoms with Crippen LogP contribution < -0.4 is 20.8 Å². The number of anilines is 2. The first kappa shape index (κ1) is 59.5. The second-order valence-corrected chi connectivity index (χ2v) is 20.3. The van der Waals surface area contributed by atoms with Crippen molar-refractivity contribution in [1.82, 2.24) is 15.5 Å². The predicted molar refractivity (Wildman–Crippen MR) is 282 cm³/mol. The zero-order valence-electron chi connectivity index (χ0n) is 42.6. The lowest BCUT2D eigenvalue weighted by Gasteiger charge is -2.26. The van der Waals surface area contributed by atoms with Gasteiger partial charge < -0.3 is 9.11 Å². The van der Waals surface area contributed by atoms with Crippen LogP contribution in [0.25, 0.3) is 0 Å². The third-order valence-corrected chi connectivity index (χ3v) is 13.3. The number of quaternary nitrogens is 1. The van der Waals surface area contributed by atoms with Crippen molar-refractivity contribution >= 4 is 38.0 Å². The fraction of sp³-hybridized carbons (Fsp3) is 0.519. The summed E-state index contributed by atoms with van der Waals surface area (Å²) in [6.45, 7) is 4.49. The number of tetrazole rings is 1.